The van der Waals surface area contributed by atoms with Gasteiger partial charge in [-0.3, -0.25) is 9.69 Å². The molecule has 0 saturated carbocycles. The van der Waals surface area contributed by atoms with Gasteiger partial charge in [0.05, 0.1) is 24.2 Å². The summed E-state index contributed by atoms with van der Waals surface area (Å²) in [6, 6.07) is 8.90. The number of nitrogens with zero attached hydrogens (tertiary/aromatic N) is 3. The lowest BCUT2D eigenvalue weighted by Gasteiger charge is -2.26. The van der Waals surface area contributed by atoms with Gasteiger partial charge >= 0.3 is 12.1 Å². The molecule has 0 bridgehead atoms. The van der Waals surface area contributed by atoms with Crippen LogP contribution in [0.1, 0.15) is 16.3 Å². The van der Waals surface area contributed by atoms with Crippen LogP contribution in [0.5, 0.6) is 5.75 Å². The molecule has 0 radical (unpaired) electrons. The molecule has 1 aromatic carbocycles. The van der Waals surface area contributed by atoms with Crippen LogP contribution in [0.3, 0.4) is 0 Å². The number of ether oxygens (including phenoxy) is 1. The predicted molar refractivity (Wildman–Crippen MR) is 103 cm³/mol. The fourth-order valence-corrected chi connectivity index (χ4v) is 4.30. The lowest BCUT2D eigenvalue weighted by molar-refractivity contribution is -0.159. The Kier molecular flexibility index (Phi) is 5.48. The van der Waals surface area contributed by atoms with Gasteiger partial charge in [-0.2, -0.15) is 18.2 Å². The number of amides is 1. The van der Waals surface area contributed by atoms with Crippen molar-refractivity contribution in [2.45, 2.75) is 19.1 Å². The molecule has 4 rings (SSSR count). The molecule has 0 atom stereocenters. The van der Waals surface area contributed by atoms with E-state index in [0.717, 1.165) is 10.4 Å². The van der Waals surface area contributed by atoms with Crippen LogP contribution in [0, 0.1) is 0 Å². The number of anilines is 1. The number of fused-ring (bicyclic) bond motifs is 1. The van der Waals surface area contributed by atoms with Crippen LogP contribution in [-0.2, 0) is 23.9 Å². The van der Waals surface area contributed by atoms with Gasteiger partial charge in [0.2, 0.25) is 11.7 Å². The normalized spacial score (nSPS) is 14.4. The Labute approximate surface area is 173 Å². The number of benzene rings is 1. The van der Waals surface area contributed by atoms with Crippen molar-refractivity contribution in [2.75, 3.05) is 25.5 Å². The molecule has 0 spiro atoms. The predicted octanol–water partition coefficient (Wildman–Crippen LogP) is 3.82. The quantitative estimate of drug-likeness (QED) is 0.652. The summed E-state index contributed by atoms with van der Waals surface area (Å²) in [4.78, 5) is 19.4. The van der Waals surface area contributed by atoms with E-state index in [-0.39, 0.29) is 18.3 Å². The molecule has 0 aliphatic carbocycles. The number of alkyl halides is 3. The Bertz CT molecular complexity index is 1060. The van der Waals surface area contributed by atoms with Crippen LogP contribution in [-0.4, -0.2) is 41.1 Å². The SMILES string of the molecule is COc1ccccc1NC(=O)CN1CCc2sc(-c3noc(C(F)(F)F)n3)cc2C1. The highest BCUT2D eigenvalue weighted by atomic mass is 32.1. The Hall–Kier alpha value is -2.92. The van der Waals surface area contributed by atoms with Crippen molar-refractivity contribution in [1.29, 1.82) is 0 Å². The number of hydrogen-bond donors (Lipinski definition) is 1. The molecule has 0 unspecified atom stereocenters. The van der Waals surface area contributed by atoms with Crippen molar-refractivity contribution in [3.63, 3.8) is 0 Å². The van der Waals surface area contributed by atoms with Crippen molar-refractivity contribution < 1.29 is 27.2 Å². The van der Waals surface area contributed by atoms with E-state index in [1.807, 2.05) is 11.0 Å². The van der Waals surface area contributed by atoms with Crippen molar-refractivity contribution >= 4 is 22.9 Å². The van der Waals surface area contributed by atoms with Gasteiger partial charge in [0.25, 0.3) is 0 Å². The summed E-state index contributed by atoms with van der Waals surface area (Å²) in [7, 11) is 1.53. The van der Waals surface area contributed by atoms with Gasteiger partial charge in [0.1, 0.15) is 5.75 Å². The van der Waals surface area contributed by atoms with Crippen molar-refractivity contribution in [3.05, 3.63) is 46.7 Å². The van der Waals surface area contributed by atoms with Gasteiger partial charge in [-0.15, -0.1) is 11.3 Å². The number of halogens is 3. The van der Waals surface area contributed by atoms with Gasteiger partial charge in [0, 0.05) is 18.0 Å². The van der Waals surface area contributed by atoms with E-state index in [1.165, 1.54) is 18.4 Å². The van der Waals surface area contributed by atoms with Crippen LogP contribution in [0.2, 0.25) is 0 Å². The van der Waals surface area contributed by atoms with E-state index >= 15 is 0 Å². The standard InChI is InChI=1S/C19H17F3N4O3S/c1-28-13-5-3-2-4-12(13)23-16(27)10-26-7-6-14-11(9-26)8-15(30-14)17-24-18(29-25-17)19(20,21)22/h2-5,8H,6-7,9-10H2,1H3,(H,23,27). The van der Waals surface area contributed by atoms with E-state index in [0.29, 0.717) is 35.8 Å². The van der Waals surface area contributed by atoms with Gasteiger partial charge in [-0.25, -0.2) is 0 Å². The molecule has 1 aliphatic heterocycles. The third kappa shape index (κ3) is 4.31. The Morgan fingerprint density at radius 2 is 2.17 bits per heavy atom. The molecule has 3 heterocycles. The van der Waals surface area contributed by atoms with Gasteiger partial charge < -0.3 is 14.6 Å². The maximum atomic E-state index is 12.7. The molecule has 1 amide bonds. The van der Waals surface area contributed by atoms with Crippen LogP contribution < -0.4 is 10.1 Å². The summed E-state index contributed by atoms with van der Waals surface area (Å²) in [5, 5.41) is 6.28. The van der Waals surface area contributed by atoms with Crippen molar-refractivity contribution in [1.82, 2.24) is 15.0 Å². The minimum absolute atomic E-state index is 0.0813. The number of nitrogens with one attached hydrogen (secondary N) is 1. The molecule has 30 heavy (non-hydrogen) atoms. The summed E-state index contributed by atoms with van der Waals surface area (Å²) in [6.45, 7) is 1.35. The topological polar surface area (TPSA) is 80.5 Å². The number of methoxy groups -OCH3 is 1. The number of carbonyl (C=O) groups is 1. The lowest BCUT2D eigenvalue weighted by atomic mass is 10.1. The minimum atomic E-state index is -4.67. The molecule has 3 aromatic rings. The maximum absolute atomic E-state index is 12.7. The fraction of sp³-hybridized carbons (Fsp3) is 0.316. The lowest BCUT2D eigenvalue weighted by Crippen LogP contribution is -2.36. The maximum Gasteiger partial charge on any atom is 0.471 e. The molecule has 7 nitrogen and oxygen atoms in total. The Morgan fingerprint density at radius 3 is 2.90 bits per heavy atom. The molecule has 1 N–H and O–H groups in total. The van der Waals surface area contributed by atoms with Gasteiger partial charge in [-0.05, 0) is 30.2 Å². The summed E-state index contributed by atoms with van der Waals surface area (Å²) >= 11 is 1.34. The second-order valence-electron chi connectivity index (χ2n) is 6.69. The summed E-state index contributed by atoms with van der Waals surface area (Å²) in [5.41, 5.74) is 1.54. The number of hydrogen-bond acceptors (Lipinski definition) is 7. The molecule has 158 valence electrons. The minimum Gasteiger partial charge on any atom is -0.495 e. The number of rotatable bonds is 5. The van der Waals surface area contributed by atoms with Crippen LogP contribution >= 0.6 is 11.3 Å². The first kappa shape index (κ1) is 20.4. The largest absolute Gasteiger partial charge is 0.495 e. The molecular weight excluding hydrogens is 421 g/mol. The van der Waals surface area contributed by atoms with E-state index in [2.05, 4.69) is 20.0 Å². The first-order valence-corrected chi connectivity index (χ1v) is 9.83. The average molecular weight is 438 g/mol. The molecule has 1 aliphatic rings. The van der Waals surface area contributed by atoms with Crippen LogP contribution in [0.25, 0.3) is 10.7 Å². The second-order valence-corrected chi connectivity index (χ2v) is 7.83. The smallest absolute Gasteiger partial charge is 0.471 e. The van der Waals surface area contributed by atoms with Crippen LogP contribution in [0.4, 0.5) is 18.9 Å². The van der Waals surface area contributed by atoms with Gasteiger partial charge in [0.15, 0.2) is 0 Å². The highest BCUT2D eigenvalue weighted by molar-refractivity contribution is 7.15. The molecule has 2 aromatic heterocycles. The number of thiophene rings is 1. The van der Waals surface area contributed by atoms with E-state index in [9.17, 15) is 18.0 Å². The molecule has 0 saturated heterocycles. The molecule has 0 fully saturated rings. The summed E-state index contributed by atoms with van der Waals surface area (Å²) < 4.78 is 47.6. The van der Waals surface area contributed by atoms with E-state index in [4.69, 9.17) is 4.74 Å². The third-order valence-electron chi connectivity index (χ3n) is 4.58. The highest BCUT2D eigenvalue weighted by Crippen LogP contribution is 2.35. The zero-order valence-electron chi connectivity index (χ0n) is 15.8. The zero-order valence-corrected chi connectivity index (χ0v) is 16.6. The molecule has 11 heteroatoms. The van der Waals surface area contributed by atoms with Crippen molar-refractivity contribution in [3.8, 4) is 16.5 Å². The second kappa shape index (κ2) is 8.07. The first-order valence-electron chi connectivity index (χ1n) is 9.01. The van der Waals surface area contributed by atoms with E-state index < -0.39 is 12.1 Å². The molecular formula is C19H17F3N4O3S. The third-order valence-corrected chi connectivity index (χ3v) is 5.82. The summed E-state index contributed by atoms with van der Waals surface area (Å²) in [6.07, 6.45) is -3.99. The monoisotopic (exact) mass is 438 g/mol. The summed E-state index contributed by atoms with van der Waals surface area (Å²) in [5.74, 6) is -1.04. The number of para-hydroxylation sites is 2. The van der Waals surface area contributed by atoms with Crippen molar-refractivity contribution in [2.24, 2.45) is 0 Å². The van der Waals surface area contributed by atoms with E-state index in [1.54, 1.807) is 24.3 Å². The Balaban J connectivity index is 1.41. The van der Waals surface area contributed by atoms with Crippen LogP contribution in [0.15, 0.2) is 34.9 Å². The fourth-order valence-electron chi connectivity index (χ4n) is 3.22. The highest BCUT2D eigenvalue weighted by Gasteiger charge is 2.38. The zero-order chi connectivity index (χ0) is 21.3. The number of carbonyl (C=O) groups excluding carboxylic acids is 1. The number of aromatic nitrogens is 2. The van der Waals surface area contributed by atoms with Gasteiger partial charge in [-0.1, -0.05) is 17.3 Å². The Morgan fingerprint density at radius 1 is 1.37 bits per heavy atom. The average Bonchev–Trinajstić information content (AvgIpc) is 3.35. The first-order chi connectivity index (χ1) is 14.3.